The third kappa shape index (κ3) is 5.62. The second-order valence-electron chi connectivity index (χ2n) is 5.60. The molecule has 0 bridgehead atoms. The van der Waals surface area contributed by atoms with Crippen LogP contribution in [0.15, 0.2) is 18.2 Å². The van der Waals surface area contributed by atoms with E-state index in [4.69, 9.17) is 25.8 Å². The minimum absolute atomic E-state index is 0.260. The fourth-order valence-electron chi connectivity index (χ4n) is 2.31. The van der Waals surface area contributed by atoms with Gasteiger partial charge in [0.25, 0.3) is 5.91 Å². The number of esters is 1. The number of carbonyl (C=O) groups is 3. The molecule has 1 N–H and O–H groups in total. The van der Waals surface area contributed by atoms with Crippen molar-refractivity contribution in [3.8, 4) is 11.5 Å². The highest BCUT2D eigenvalue weighted by molar-refractivity contribution is 6.32. The first-order chi connectivity index (χ1) is 13.0. The number of hydrogen-bond donors (Lipinski definition) is 1. The highest BCUT2D eigenvalue weighted by atomic mass is 35.5. The molecule has 0 aromatic heterocycles. The minimum Gasteiger partial charge on any atom is -0.493 e. The van der Waals surface area contributed by atoms with E-state index in [0.717, 1.165) is 17.4 Å². The summed E-state index contributed by atoms with van der Waals surface area (Å²) in [4.78, 5) is 36.0. The zero-order valence-electron chi connectivity index (χ0n) is 15.1. The van der Waals surface area contributed by atoms with E-state index in [1.54, 1.807) is 12.1 Å². The average Bonchev–Trinajstić information content (AvgIpc) is 3.09. The Morgan fingerprint density at radius 1 is 1.37 bits per heavy atom. The number of benzene rings is 1. The Balaban J connectivity index is 1.96. The monoisotopic (exact) mass is 396 g/mol. The molecule has 0 unspecified atom stereocenters. The lowest BCUT2D eigenvalue weighted by Gasteiger charge is -2.12. The summed E-state index contributed by atoms with van der Waals surface area (Å²) in [5.41, 5.74) is 0.600. The lowest BCUT2D eigenvalue weighted by molar-refractivity contribution is -0.146. The zero-order chi connectivity index (χ0) is 19.8. The predicted octanol–water partition coefficient (Wildman–Crippen LogP) is 2.25. The van der Waals surface area contributed by atoms with Crippen LogP contribution in [0, 0.1) is 0 Å². The van der Waals surface area contributed by atoms with E-state index >= 15 is 0 Å². The van der Waals surface area contributed by atoms with Crippen LogP contribution in [-0.4, -0.2) is 56.2 Å². The second-order valence-corrected chi connectivity index (χ2v) is 6.01. The fraction of sp³-hybridized carbons (Fsp3) is 0.389. The molecule has 1 aromatic rings. The van der Waals surface area contributed by atoms with E-state index in [1.165, 1.54) is 13.2 Å². The highest BCUT2D eigenvalue weighted by Crippen LogP contribution is 2.36. The van der Waals surface area contributed by atoms with Crippen molar-refractivity contribution in [3.63, 3.8) is 0 Å². The molecule has 9 heteroatoms. The number of rotatable bonds is 8. The first-order valence-electron chi connectivity index (χ1n) is 8.39. The topological polar surface area (TPSA) is 94.2 Å². The standard InChI is InChI=1S/C18H21ClN2O6/c1-3-8-26-17-13(19)9-12(10-14(17)25-2)4-5-16(23)27-11-15(22)21-7-6-20-18(21)24/h4-5,9-10H,3,6-8,11H2,1-2H3,(H,20,24)/b5-4+. The van der Waals surface area contributed by atoms with Gasteiger partial charge in [0.1, 0.15) is 0 Å². The summed E-state index contributed by atoms with van der Waals surface area (Å²) in [5.74, 6) is -0.410. The summed E-state index contributed by atoms with van der Waals surface area (Å²) >= 11 is 6.21. The molecule has 27 heavy (non-hydrogen) atoms. The van der Waals surface area contributed by atoms with Gasteiger partial charge in [0.15, 0.2) is 18.1 Å². The van der Waals surface area contributed by atoms with Gasteiger partial charge in [-0.25, -0.2) is 9.59 Å². The molecule has 1 aliphatic rings. The normalized spacial score (nSPS) is 13.6. The average molecular weight is 397 g/mol. The van der Waals surface area contributed by atoms with Gasteiger partial charge in [-0.2, -0.15) is 0 Å². The third-order valence-corrected chi connectivity index (χ3v) is 3.89. The van der Waals surface area contributed by atoms with Gasteiger partial charge >= 0.3 is 12.0 Å². The van der Waals surface area contributed by atoms with Gasteiger partial charge in [-0.1, -0.05) is 18.5 Å². The van der Waals surface area contributed by atoms with E-state index in [9.17, 15) is 14.4 Å². The maximum Gasteiger partial charge on any atom is 0.331 e. The summed E-state index contributed by atoms with van der Waals surface area (Å²) in [6, 6.07) is 2.80. The van der Waals surface area contributed by atoms with Gasteiger partial charge in [0, 0.05) is 19.2 Å². The molecule has 1 heterocycles. The van der Waals surface area contributed by atoms with Crippen molar-refractivity contribution in [3.05, 3.63) is 28.8 Å². The molecule has 0 radical (unpaired) electrons. The van der Waals surface area contributed by atoms with Gasteiger partial charge in [0.2, 0.25) is 0 Å². The highest BCUT2D eigenvalue weighted by Gasteiger charge is 2.26. The molecule has 2 rings (SSSR count). The fourth-order valence-corrected chi connectivity index (χ4v) is 2.59. The van der Waals surface area contributed by atoms with Crippen LogP contribution < -0.4 is 14.8 Å². The van der Waals surface area contributed by atoms with Crippen molar-refractivity contribution >= 4 is 35.6 Å². The Bertz CT molecular complexity index is 750. The number of nitrogens with one attached hydrogen (secondary N) is 1. The molecular weight excluding hydrogens is 376 g/mol. The van der Waals surface area contributed by atoms with Gasteiger partial charge < -0.3 is 19.5 Å². The SMILES string of the molecule is CCCOc1c(Cl)cc(/C=C/C(=O)OCC(=O)N2CCNC2=O)cc1OC. The van der Waals surface area contributed by atoms with Gasteiger partial charge in [0.05, 0.1) is 18.7 Å². The molecule has 0 aliphatic carbocycles. The van der Waals surface area contributed by atoms with Gasteiger partial charge in [-0.15, -0.1) is 0 Å². The van der Waals surface area contributed by atoms with E-state index in [-0.39, 0.29) is 6.54 Å². The molecular formula is C18H21ClN2O6. The van der Waals surface area contributed by atoms with Crippen LogP contribution >= 0.6 is 11.6 Å². The Morgan fingerprint density at radius 3 is 2.78 bits per heavy atom. The maximum absolute atomic E-state index is 11.8. The number of nitrogens with zero attached hydrogens (tertiary/aromatic N) is 1. The number of imide groups is 1. The minimum atomic E-state index is -0.718. The number of amides is 3. The van der Waals surface area contributed by atoms with E-state index in [2.05, 4.69) is 5.32 Å². The molecule has 8 nitrogen and oxygen atoms in total. The van der Waals surface area contributed by atoms with Crippen molar-refractivity contribution in [1.29, 1.82) is 0 Å². The molecule has 1 fully saturated rings. The number of carbonyl (C=O) groups excluding carboxylic acids is 3. The molecule has 1 saturated heterocycles. The number of halogens is 1. The summed E-state index contributed by atoms with van der Waals surface area (Å²) in [5, 5.41) is 2.85. The summed E-state index contributed by atoms with van der Waals surface area (Å²) in [6.45, 7) is 2.61. The van der Waals surface area contributed by atoms with Crippen LogP contribution in [0.4, 0.5) is 4.79 Å². The largest absolute Gasteiger partial charge is 0.493 e. The molecule has 146 valence electrons. The molecule has 0 saturated carbocycles. The van der Waals surface area contributed by atoms with Crippen LogP contribution in [0.5, 0.6) is 11.5 Å². The van der Waals surface area contributed by atoms with Crippen molar-refractivity contribution in [1.82, 2.24) is 10.2 Å². The van der Waals surface area contributed by atoms with Gasteiger partial charge in [-0.3, -0.25) is 9.69 Å². The lowest BCUT2D eigenvalue weighted by Crippen LogP contribution is -2.37. The maximum atomic E-state index is 11.8. The van der Waals surface area contributed by atoms with Crippen LogP contribution in [0.3, 0.4) is 0 Å². The van der Waals surface area contributed by atoms with Crippen molar-refractivity contribution in [2.45, 2.75) is 13.3 Å². The Labute approximate surface area is 162 Å². The van der Waals surface area contributed by atoms with Crippen molar-refractivity contribution < 1.29 is 28.6 Å². The van der Waals surface area contributed by atoms with Crippen LogP contribution in [0.2, 0.25) is 5.02 Å². The molecule has 3 amide bonds. The second kappa shape index (κ2) is 9.82. The lowest BCUT2D eigenvalue weighted by atomic mass is 10.2. The first kappa shape index (κ1) is 20.6. The molecule has 1 aromatic carbocycles. The first-order valence-corrected chi connectivity index (χ1v) is 8.77. The van der Waals surface area contributed by atoms with Crippen LogP contribution in [0.1, 0.15) is 18.9 Å². The smallest absolute Gasteiger partial charge is 0.331 e. The van der Waals surface area contributed by atoms with E-state index in [1.807, 2.05) is 6.92 Å². The van der Waals surface area contributed by atoms with Crippen molar-refractivity contribution in [2.24, 2.45) is 0 Å². The quantitative estimate of drug-likeness (QED) is 0.535. The number of ether oxygens (including phenoxy) is 3. The number of hydrogen-bond acceptors (Lipinski definition) is 6. The summed E-state index contributed by atoms with van der Waals surface area (Å²) in [6.07, 6.45) is 3.47. The number of methoxy groups -OCH3 is 1. The molecule has 1 aliphatic heterocycles. The third-order valence-electron chi connectivity index (χ3n) is 3.61. The van der Waals surface area contributed by atoms with E-state index in [0.29, 0.717) is 35.2 Å². The molecule has 0 spiro atoms. The Hall–Kier alpha value is -2.74. The Kier molecular flexibility index (Phi) is 7.48. The van der Waals surface area contributed by atoms with Crippen LogP contribution in [-0.2, 0) is 14.3 Å². The number of urea groups is 1. The van der Waals surface area contributed by atoms with E-state index < -0.39 is 24.5 Å². The van der Waals surface area contributed by atoms with Crippen LogP contribution in [0.25, 0.3) is 6.08 Å². The summed E-state index contributed by atoms with van der Waals surface area (Å²) in [7, 11) is 1.49. The predicted molar refractivity (Wildman–Crippen MR) is 98.9 cm³/mol. The summed E-state index contributed by atoms with van der Waals surface area (Å²) < 4.78 is 15.7. The zero-order valence-corrected chi connectivity index (χ0v) is 15.9. The molecule has 0 atom stereocenters. The van der Waals surface area contributed by atoms with Crippen molar-refractivity contribution in [2.75, 3.05) is 33.4 Å². The Morgan fingerprint density at radius 2 is 2.15 bits per heavy atom. The van der Waals surface area contributed by atoms with Gasteiger partial charge in [-0.05, 0) is 30.2 Å².